The van der Waals surface area contributed by atoms with Crippen LogP contribution >= 0.6 is 15.9 Å². The van der Waals surface area contributed by atoms with Gasteiger partial charge in [0.2, 0.25) is 0 Å². The van der Waals surface area contributed by atoms with Crippen molar-refractivity contribution in [3.63, 3.8) is 0 Å². The largest absolute Gasteiger partial charge is 0.387 e. The summed E-state index contributed by atoms with van der Waals surface area (Å²) < 4.78 is 14.0. The van der Waals surface area contributed by atoms with E-state index in [0.717, 1.165) is 6.42 Å². The highest BCUT2D eigenvalue weighted by Gasteiger charge is 2.01. The van der Waals surface area contributed by atoms with Crippen LogP contribution in [0.4, 0.5) is 10.1 Å². The number of aliphatic imine (C=N–C) groups is 1. The Hall–Kier alpha value is -0.900. The van der Waals surface area contributed by atoms with Gasteiger partial charge in [0.25, 0.3) is 0 Å². The molecule has 0 heterocycles. The second-order valence-corrected chi connectivity index (χ2v) is 3.86. The Morgan fingerprint density at radius 2 is 2.29 bits per heavy atom. The molecular weight excluding hydrogens is 247 g/mol. The van der Waals surface area contributed by atoms with E-state index in [9.17, 15) is 4.39 Å². The first-order valence-corrected chi connectivity index (χ1v) is 5.21. The van der Waals surface area contributed by atoms with Gasteiger partial charge in [-0.1, -0.05) is 22.9 Å². The third-order valence-electron chi connectivity index (χ3n) is 1.68. The summed E-state index contributed by atoms with van der Waals surface area (Å²) in [5, 5.41) is 0. The lowest BCUT2D eigenvalue weighted by Crippen LogP contribution is -2.10. The van der Waals surface area contributed by atoms with Crippen molar-refractivity contribution in [2.75, 3.05) is 0 Å². The first-order valence-electron chi connectivity index (χ1n) is 4.41. The molecule has 0 saturated carbocycles. The fraction of sp³-hybridized carbons (Fsp3) is 0.300. The van der Waals surface area contributed by atoms with Crippen molar-refractivity contribution >= 4 is 27.5 Å². The van der Waals surface area contributed by atoms with Gasteiger partial charge in [-0.25, -0.2) is 9.38 Å². The van der Waals surface area contributed by atoms with Gasteiger partial charge in [-0.05, 0) is 24.6 Å². The lowest BCUT2D eigenvalue weighted by molar-refractivity contribution is 0.629. The van der Waals surface area contributed by atoms with Crippen LogP contribution in [0.2, 0.25) is 0 Å². The SMILES string of the molecule is CCCC(N)=Nc1ccc(Br)cc1F. The highest BCUT2D eigenvalue weighted by Crippen LogP contribution is 2.21. The van der Waals surface area contributed by atoms with E-state index in [4.69, 9.17) is 5.73 Å². The number of amidine groups is 1. The summed E-state index contributed by atoms with van der Waals surface area (Å²) in [4.78, 5) is 3.99. The van der Waals surface area contributed by atoms with Crippen LogP contribution < -0.4 is 5.73 Å². The molecule has 0 spiro atoms. The van der Waals surface area contributed by atoms with Gasteiger partial charge in [-0.15, -0.1) is 0 Å². The second-order valence-electron chi connectivity index (χ2n) is 2.95. The minimum Gasteiger partial charge on any atom is -0.387 e. The number of hydrogen-bond acceptors (Lipinski definition) is 1. The maximum atomic E-state index is 13.3. The van der Waals surface area contributed by atoms with Crippen molar-refractivity contribution < 1.29 is 4.39 Å². The average molecular weight is 259 g/mol. The molecule has 0 amide bonds. The fourth-order valence-electron chi connectivity index (χ4n) is 1.04. The fourth-order valence-corrected chi connectivity index (χ4v) is 1.37. The number of benzene rings is 1. The third-order valence-corrected chi connectivity index (χ3v) is 2.17. The van der Waals surface area contributed by atoms with E-state index >= 15 is 0 Å². The highest BCUT2D eigenvalue weighted by atomic mass is 79.9. The Kier molecular flexibility index (Phi) is 4.07. The van der Waals surface area contributed by atoms with Crippen molar-refractivity contribution in [2.45, 2.75) is 19.8 Å². The van der Waals surface area contributed by atoms with Gasteiger partial charge in [0.15, 0.2) is 0 Å². The van der Waals surface area contributed by atoms with Gasteiger partial charge in [-0.2, -0.15) is 0 Å². The van der Waals surface area contributed by atoms with Gasteiger partial charge in [0, 0.05) is 10.9 Å². The molecule has 1 aromatic carbocycles. The Labute approximate surface area is 91.2 Å². The maximum Gasteiger partial charge on any atom is 0.149 e. The van der Waals surface area contributed by atoms with Crippen molar-refractivity contribution in [3.05, 3.63) is 28.5 Å². The standard InChI is InChI=1S/C10H12BrFN2/c1-2-3-10(13)14-9-5-4-7(11)6-8(9)12/h4-6H,2-3H2,1H3,(H2,13,14). The van der Waals surface area contributed by atoms with Crippen LogP contribution in [0.25, 0.3) is 0 Å². The van der Waals surface area contributed by atoms with E-state index in [1.165, 1.54) is 6.07 Å². The third kappa shape index (κ3) is 3.10. The van der Waals surface area contributed by atoms with Crippen LogP contribution in [-0.4, -0.2) is 5.84 Å². The molecule has 1 aromatic rings. The minimum atomic E-state index is -0.363. The molecule has 0 aliphatic heterocycles. The summed E-state index contributed by atoms with van der Waals surface area (Å²) in [5.41, 5.74) is 5.89. The summed E-state index contributed by atoms with van der Waals surface area (Å²) in [6, 6.07) is 4.71. The number of halogens is 2. The molecule has 1 rings (SSSR count). The quantitative estimate of drug-likeness (QED) is 0.655. The van der Waals surface area contributed by atoms with Crippen molar-refractivity contribution in [1.29, 1.82) is 0 Å². The van der Waals surface area contributed by atoms with Gasteiger partial charge < -0.3 is 5.73 Å². The molecule has 0 aliphatic rings. The van der Waals surface area contributed by atoms with Gasteiger partial charge >= 0.3 is 0 Å². The molecular formula is C10H12BrFN2. The van der Waals surface area contributed by atoms with Crippen LogP contribution in [-0.2, 0) is 0 Å². The molecule has 14 heavy (non-hydrogen) atoms. The molecule has 4 heteroatoms. The van der Waals surface area contributed by atoms with E-state index < -0.39 is 0 Å². The average Bonchev–Trinajstić information content (AvgIpc) is 2.10. The highest BCUT2D eigenvalue weighted by molar-refractivity contribution is 9.10. The molecule has 0 unspecified atom stereocenters. The Bertz CT molecular complexity index is 350. The molecule has 0 aromatic heterocycles. The maximum absolute atomic E-state index is 13.3. The first kappa shape index (κ1) is 11.2. The van der Waals surface area contributed by atoms with E-state index in [1.54, 1.807) is 12.1 Å². The van der Waals surface area contributed by atoms with Crippen LogP contribution in [0.1, 0.15) is 19.8 Å². The van der Waals surface area contributed by atoms with Crippen LogP contribution in [0, 0.1) is 5.82 Å². The molecule has 2 nitrogen and oxygen atoms in total. The molecule has 0 saturated heterocycles. The summed E-state index contributed by atoms with van der Waals surface area (Å²) in [7, 11) is 0. The topological polar surface area (TPSA) is 38.4 Å². The number of hydrogen-bond donors (Lipinski definition) is 1. The summed E-state index contributed by atoms with van der Waals surface area (Å²) >= 11 is 3.17. The molecule has 76 valence electrons. The zero-order valence-corrected chi connectivity index (χ0v) is 9.51. The van der Waals surface area contributed by atoms with Crippen molar-refractivity contribution in [1.82, 2.24) is 0 Å². The smallest absolute Gasteiger partial charge is 0.149 e. The normalized spacial score (nSPS) is 11.8. The minimum absolute atomic E-state index is 0.291. The monoisotopic (exact) mass is 258 g/mol. The summed E-state index contributed by atoms with van der Waals surface area (Å²) in [5.74, 6) is 0.104. The summed E-state index contributed by atoms with van der Waals surface area (Å²) in [6.45, 7) is 2.00. The lowest BCUT2D eigenvalue weighted by Gasteiger charge is -2.00. The van der Waals surface area contributed by atoms with Gasteiger partial charge in [-0.3, -0.25) is 0 Å². The van der Waals surface area contributed by atoms with E-state index in [1.807, 2.05) is 6.92 Å². The number of nitrogens with zero attached hydrogens (tertiary/aromatic N) is 1. The van der Waals surface area contributed by atoms with E-state index in [0.29, 0.717) is 22.4 Å². The molecule has 2 N–H and O–H groups in total. The molecule has 0 fully saturated rings. The molecule has 0 aliphatic carbocycles. The molecule has 0 atom stereocenters. The van der Waals surface area contributed by atoms with Crippen LogP contribution in [0.3, 0.4) is 0 Å². The predicted molar refractivity (Wildman–Crippen MR) is 60.3 cm³/mol. The van der Waals surface area contributed by atoms with Crippen molar-refractivity contribution in [2.24, 2.45) is 10.7 Å². The Morgan fingerprint density at radius 3 is 2.86 bits per heavy atom. The summed E-state index contributed by atoms with van der Waals surface area (Å²) in [6.07, 6.45) is 1.60. The Balaban J connectivity index is 2.91. The van der Waals surface area contributed by atoms with Gasteiger partial charge in [0.1, 0.15) is 11.5 Å². The van der Waals surface area contributed by atoms with Crippen LogP contribution in [0.5, 0.6) is 0 Å². The predicted octanol–water partition coefficient (Wildman–Crippen LogP) is 3.38. The van der Waals surface area contributed by atoms with Crippen LogP contribution in [0.15, 0.2) is 27.7 Å². The zero-order valence-electron chi connectivity index (χ0n) is 7.93. The molecule has 0 radical (unpaired) electrons. The van der Waals surface area contributed by atoms with E-state index in [2.05, 4.69) is 20.9 Å². The second kappa shape index (κ2) is 5.10. The Morgan fingerprint density at radius 1 is 1.57 bits per heavy atom. The lowest BCUT2D eigenvalue weighted by atomic mass is 10.3. The van der Waals surface area contributed by atoms with E-state index in [-0.39, 0.29) is 5.82 Å². The molecule has 0 bridgehead atoms. The first-order chi connectivity index (χ1) is 6.63. The van der Waals surface area contributed by atoms with Gasteiger partial charge in [0.05, 0.1) is 5.84 Å². The number of rotatable bonds is 3. The van der Waals surface area contributed by atoms with Crippen molar-refractivity contribution in [3.8, 4) is 0 Å². The number of nitrogens with two attached hydrogens (primary N) is 1. The zero-order chi connectivity index (χ0) is 10.6.